The van der Waals surface area contributed by atoms with E-state index in [0.29, 0.717) is 0 Å². The highest BCUT2D eigenvalue weighted by molar-refractivity contribution is 6.36. The Balaban J connectivity index is 1.44. The summed E-state index contributed by atoms with van der Waals surface area (Å²) in [7, 11) is 0. The van der Waals surface area contributed by atoms with Crippen LogP contribution in [0.1, 0.15) is 18.4 Å². The monoisotopic (exact) mass is 612 g/mol. The fourth-order valence-corrected chi connectivity index (χ4v) is 8.04. The first-order valence-electron chi connectivity index (χ1n) is 16.9. The van der Waals surface area contributed by atoms with Gasteiger partial charge in [-0.25, -0.2) is 0 Å². The summed E-state index contributed by atoms with van der Waals surface area (Å²) in [6.07, 6.45) is 9.15. The number of rotatable bonds is 4. The van der Waals surface area contributed by atoms with E-state index >= 15 is 0 Å². The van der Waals surface area contributed by atoms with Crippen LogP contribution >= 0.6 is 0 Å². The maximum absolute atomic E-state index is 2.55. The number of fused-ring (bicyclic) bond motifs is 10. The average molecular weight is 613 g/mol. The molecule has 2 heteroatoms. The Bertz CT molecular complexity index is 2760. The maximum atomic E-state index is 2.55. The minimum atomic E-state index is 1.07. The van der Waals surface area contributed by atoms with Crippen LogP contribution in [0.25, 0.3) is 82.5 Å². The minimum absolute atomic E-state index is 1.07. The normalized spacial score (nSPS) is 13.3. The van der Waals surface area contributed by atoms with Crippen molar-refractivity contribution in [3.05, 3.63) is 175 Å². The van der Waals surface area contributed by atoms with Gasteiger partial charge in [-0.1, -0.05) is 127 Å². The van der Waals surface area contributed by atoms with Gasteiger partial charge in [-0.3, -0.25) is 0 Å². The van der Waals surface area contributed by atoms with E-state index in [2.05, 4.69) is 179 Å². The topological polar surface area (TPSA) is 9.86 Å². The molecule has 0 radical (unpaired) electrons. The van der Waals surface area contributed by atoms with E-state index in [0.717, 1.165) is 12.8 Å². The molecule has 226 valence electrons. The zero-order valence-electron chi connectivity index (χ0n) is 26.5. The van der Waals surface area contributed by atoms with Crippen LogP contribution in [0.5, 0.6) is 0 Å². The van der Waals surface area contributed by atoms with Crippen molar-refractivity contribution in [3.8, 4) is 22.5 Å². The molecule has 0 amide bonds. The summed E-state index contributed by atoms with van der Waals surface area (Å²) in [5, 5.41) is 7.64. The number of allylic oxidation sites excluding steroid dienone is 4. The van der Waals surface area contributed by atoms with Gasteiger partial charge in [-0.05, 0) is 83.0 Å². The van der Waals surface area contributed by atoms with Crippen molar-refractivity contribution < 1.29 is 0 Å². The molecule has 1 aliphatic carbocycles. The van der Waals surface area contributed by atoms with Gasteiger partial charge >= 0.3 is 0 Å². The summed E-state index contributed by atoms with van der Waals surface area (Å²) in [4.78, 5) is 0. The van der Waals surface area contributed by atoms with E-state index in [1.165, 1.54) is 88.0 Å². The summed E-state index contributed by atoms with van der Waals surface area (Å²) < 4.78 is 5.02. The van der Waals surface area contributed by atoms with Crippen molar-refractivity contribution in [2.45, 2.75) is 12.8 Å². The highest BCUT2D eigenvalue weighted by Gasteiger charge is 2.24. The third kappa shape index (κ3) is 3.99. The molecule has 2 heterocycles. The summed E-state index contributed by atoms with van der Waals surface area (Å²) in [5.74, 6) is 0. The second kappa shape index (κ2) is 10.7. The first-order chi connectivity index (χ1) is 23.8. The lowest BCUT2D eigenvalue weighted by molar-refractivity contribution is 1.04. The predicted octanol–water partition coefficient (Wildman–Crippen LogP) is 12.4. The average Bonchev–Trinajstić information content (AvgIpc) is 3.70. The number of benzene rings is 7. The molecule has 0 fully saturated rings. The lowest BCUT2D eigenvalue weighted by atomic mass is 9.95. The molecule has 7 aromatic carbocycles. The van der Waals surface area contributed by atoms with Crippen LogP contribution in [0.15, 0.2) is 170 Å². The van der Waals surface area contributed by atoms with Crippen LogP contribution in [-0.2, 0) is 0 Å². The van der Waals surface area contributed by atoms with Gasteiger partial charge in [0.05, 0.1) is 22.1 Å². The molecular formula is C46H32N2. The van der Waals surface area contributed by atoms with Crippen LogP contribution in [0.2, 0.25) is 0 Å². The van der Waals surface area contributed by atoms with E-state index in [4.69, 9.17) is 0 Å². The number of nitrogens with zero attached hydrogens (tertiary/aromatic N) is 2. The third-order valence-electron chi connectivity index (χ3n) is 10.1. The van der Waals surface area contributed by atoms with E-state index in [1.54, 1.807) is 0 Å². The molecule has 9 aromatic rings. The summed E-state index contributed by atoms with van der Waals surface area (Å²) in [6, 6.07) is 55.6. The molecule has 0 bridgehead atoms. The first kappa shape index (κ1) is 27.0. The molecular weight excluding hydrogens is 581 g/mol. The molecule has 48 heavy (non-hydrogen) atoms. The van der Waals surface area contributed by atoms with Crippen molar-refractivity contribution in [2.75, 3.05) is 0 Å². The largest absolute Gasteiger partial charge is 0.309 e. The lowest BCUT2D eigenvalue weighted by Gasteiger charge is -2.16. The number of para-hydroxylation sites is 3. The van der Waals surface area contributed by atoms with Crippen molar-refractivity contribution in [3.63, 3.8) is 0 Å². The Morgan fingerprint density at radius 2 is 0.979 bits per heavy atom. The van der Waals surface area contributed by atoms with Crippen molar-refractivity contribution >= 4 is 60.0 Å². The molecule has 0 unspecified atom stereocenters. The highest BCUT2D eigenvalue weighted by atomic mass is 15.0. The van der Waals surface area contributed by atoms with E-state index < -0.39 is 0 Å². The van der Waals surface area contributed by atoms with Crippen LogP contribution in [0.4, 0.5) is 0 Å². The van der Waals surface area contributed by atoms with Gasteiger partial charge < -0.3 is 9.13 Å². The molecule has 0 spiro atoms. The SMILES string of the molecule is C1=CC(c2cc(-c3ccccc3)cc(-n3c4ccccc4c4c5ccccc5c5c(c6ccccc6n5-c5ccccc5)c43)c2)=CCC1. The Kier molecular flexibility index (Phi) is 6.04. The molecule has 10 rings (SSSR count). The second-order valence-corrected chi connectivity index (χ2v) is 12.8. The first-order valence-corrected chi connectivity index (χ1v) is 16.9. The molecule has 0 saturated heterocycles. The zero-order valence-corrected chi connectivity index (χ0v) is 26.5. The second-order valence-electron chi connectivity index (χ2n) is 12.8. The smallest absolute Gasteiger partial charge is 0.0647 e. The van der Waals surface area contributed by atoms with Gasteiger partial charge in [0.15, 0.2) is 0 Å². The summed E-state index contributed by atoms with van der Waals surface area (Å²) in [5.41, 5.74) is 12.2. The lowest BCUT2D eigenvalue weighted by Crippen LogP contribution is -1.98. The fraction of sp³-hybridized carbons (Fsp3) is 0.0435. The fourth-order valence-electron chi connectivity index (χ4n) is 8.04. The van der Waals surface area contributed by atoms with Crippen molar-refractivity contribution in [1.82, 2.24) is 9.13 Å². The minimum Gasteiger partial charge on any atom is -0.309 e. The maximum Gasteiger partial charge on any atom is 0.0647 e. The molecule has 2 aromatic heterocycles. The van der Waals surface area contributed by atoms with E-state index in [9.17, 15) is 0 Å². The highest BCUT2D eigenvalue weighted by Crippen LogP contribution is 2.47. The molecule has 0 saturated carbocycles. The number of aromatic nitrogens is 2. The third-order valence-corrected chi connectivity index (χ3v) is 10.1. The van der Waals surface area contributed by atoms with E-state index in [1.807, 2.05) is 0 Å². The number of hydrogen-bond acceptors (Lipinski definition) is 0. The van der Waals surface area contributed by atoms with Gasteiger partial charge in [-0.2, -0.15) is 0 Å². The summed E-state index contributed by atoms with van der Waals surface area (Å²) >= 11 is 0. The Morgan fingerprint density at radius 1 is 0.396 bits per heavy atom. The van der Waals surface area contributed by atoms with Gasteiger partial charge in [0.1, 0.15) is 0 Å². The quantitative estimate of drug-likeness (QED) is 0.187. The predicted molar refractivity (Wildman–Crippen MR) is 204 cm³/mol. The molecule has 1 aliphatic rings. The van der Waals surface area contributed by atoms with Gasteiger partial charge in [0.25, 0.3) is 0 Å². The van der Waals surface area contributed by atoms with Crippen molar-refractivity contribution in [1.29, 1.82) is 0 Å². The standard InChI is InChI=1S/C46H32N2/c1-4-16-31(17-5-1)33-28-34(32-18-6-2-7-19-32)30-36(29-33)48-41-26-14-12-24-39(41)43-37-22-10-11-23-38(37)45-44(46(43)48)40-25-13-15-27-42(40)47(45)35-20-8-3-9-21-35/h1,3-6,8-30H,2,7H2. The van der Waals surface area contributed by atoms with Crippen LogP contribution < -0.4 is 0 Å². The Labute approximate surface area is 279 Å². The van der Waals surface area contributed by atoms with Gasteiger partial charge in [-0.15, -0.1) is 0 Å². The Hall–Kier alpha value is -6.12. The van der Waals surface area contributed by atoms with Gasteiger partial charge in [0.2, 0.25) is 0 Å². The summed E-state index contributed by atoms with van der Waals surface area (Å²) in [6.45, 7) is 0. The molecule has 0 N–H and O–H groups in total. The Morgan fingerprint density at radius 3 is 1.69 bits per heavy atom. The van der Waals surface area contributed by atoms with Crippen LogP contribution in [-0.4, -0.2) is 9.13 Å². The number of hydrogen-bond donors (Lipinski definition) is 0. The molecule has 0 aliphatic heterocycles. The van der Waals surface area contributed by atoms with E-state index in [-0.39, 0.29) is 0 Å². The van der Waals surface area contributed by atoms with Crippen LogP contribution in [0, 0.1) is 0 Å². The molecule has 0 atom stereocenters. The van der Waals surface area contributed by atoms with Crippen LogP contribution in [0.3, 0.4) is 0 Å². The van der Waals surface area contributed by atoms with Crippen molar-refractivity contribution in [2.24, 2.45) is 0 Å². The molecule has 2 nitrogen and oxygen atoms in total. The zero-order chi connectivity index (χ0) is 31.6. The van der Waals surface area contributed by atoms with Gasteiger partial charge in [0, 0.05) is 38.3 Å².